The van der Waals surface area contributed by atoms with Crippen molar-refractivity contribution in [2.75, 3.05) is 19.8 Å². The average Bonchev–Trinajstić information content (AvgIpc) is 2.42. The lowest BCUT2D eigenvalue weighted by Crippen LogP contribution is -2.23. The maximum Gasteiger partial charge on any atom is 0.355 e. The van der Waals surface area contributed by atoms with Crippen LogP contribution in [0.2, 0.25) is 0 Å². The highest BCUT2D eigenvalue weighted by Gasteiger charge is 2.15. The molecule has 0 aliphatic heterocycles. The smallest absolute Gasteiger partial charge is 0.300 e. The fraction of sp³-hybridized carbons (Fsp3) is 0.769. The highest BCUT2D eigenvalue weighted by atomic mass is 17.4. The van der Waals surface area contributed by atoms with Crippen LogP contribution in [-0.4, -0.2) is 43.6 Å². The van der Waals surface area contributed by atoms with Gasteiger partial charge in [0.1, 0.15) is 17.3 Å². The number of hydrogen-bond acceptors (Lipinski definition) is 9. The number of Topliss-reactive ketones (excluding diaryl/α,β-unsaturated/α-hetero) is 3. The summed E-state index contributed by atoms with van der Waals surface area (Å²) in [7, 11) is 0. The van der Waals surface area contributed by atoms with E-state index in [-0.39, 0.29) is 56.4 Å². The maximum atomic E-state index is 10.7. The third-order valence-electron chi connectivity index (χ3n) is 2.05. The Labute approximate surface area is 128 Å². The Kier molecular flexibility index (Phi) is 12.7. The lowest BCUT2D eigenvalue weighted by atomic mass is 10.3. The predicted octanol–water partition coefficient (Wildman–Crippen LogP) is 1.05. The Balaban J connectivity index is 3.93. The second-order valence-corrected chi connectivity index (χ2v) is 4.40. The molecule has 0 aliphatic rings. The maximum absolute atomic E-state index is 10.7. The molecule has 0 fully saturated rings. The number of ketones is 3. The van der Waals surface area contributed by atoms with Gasteiger partial charge in [0.15, 0.2) is 0 Å². The quantitative estimate of drug-likeness (QED) is 0.189. The number of rotatable bonds is 15. The molecule has 0 aliphatic carbocycles. The highest BCUT2D eigenvalue weighted by molar-refractivity contribution is 5.76. The first-order chi connectivity index (χ1) is 10.4. The van der Waals surface area contributed by atoms with Gasteiger partial charge in [-0.2, -0.15) is 14.7 Å². The summed E-state index contributed by atoms with van der Waals surface area (Å²) in [6, 6.07) is 0. The summed E-state index contributed by atoms with van der Waals surface area (Å²) in [6.45, 7) is 2.74. The molecule has 0 aromatic heterocycles. The molecule has 0 atom stereocenters. The zero-order chi connectivity index (χ0) is 16.8. The van der Waals surface area contributed by atoms with E-state index < -0.39 is 6.48 Å². The topological polar surface area (TPSA) is 107 Å². The van der Waals surface area contributed by atoms with Crippen LogP contribution in [0.3, 0.4) is 0 Å². The molecule has 0 aromatic rings. The number of hydrogen-bond donors (Lipinski definition) is 0. The van der Waals surface area contributed by atoms with Gasteiger partial charge in [-0.3, -0.25) is 14.4 Å². The van der Waals surface area contributed by atoms with Gasteiger partial charge in [0.05, 0.1) is 19.8 Å². The second kappa shape index (κ2) is 13.4. The van der Waals surface area contributed by atoms with Gasteiger partial charge in [0.2, 0.25) is 0 Å². The molecule has 0 saturated heterocycles. The fourth-order valence-corrected chi connectivity index (χ4v) is 0.915. The van der Waals surface area contributed by atoms with Crippen LogP contribution >= 0.6 is 0 Å². The number of carbonyl (C=O) groups is 3. The second-order valence-electron chi connectivity index (χ2n) is 4.40. The molecule has 0 aromatic carbocycles. The van der Waals surface area contributed by atoms with Gasteiger partial charge in [-0.05, 0) is 20.8 Å². The van der Waals surface area contributed by atoms with Crippen LogP contribution in [0.4, 0.5) is 0 Å². The molecule has 0 amide bonds. The first-order valence-electron chi connectivity index (χ1n) is 6.75. The summed E-state index contributed by atoms with van der Waals surface area (Å²) in [5.41, 5.74) is 0. The molecule has 0 radical (unpaired) electrons. The average molecular weight is 322 g/mol. The van der Waals surface area contributed by atoms with E-state index in [2.05, 4.69) is 0 Å². The standard InChI is InChI=1S/C13H22O9/c1-10(14)4-7-17-20-13(21-18-8-5-11(2)15)22-19-9-6-12(3)16/h13H,4-9H2,1-3H3. The Bertz CT molecular complexity index is 290. The van der Waals surface area contributed by atoms with Crippen molar-refractivity contribution in [2.24, 2.45) is 0 Å². The van der Waals surface area contributed by atoms with Crippen LogP contribution in [-0.2, 0) is 43.7 Å². The molecular formula is C13H22O9. The Morgan fingerprint density at radius 3 is 1.14 bits per heavy atom. The minimum absolute atomic E-state index is 0.000550. The van der Waals surface area contributed by atoms with Crippen molar-refractivity contribution in [3.63, 3.8) is 0 Å². The van der Waals surface area contributed by atoms with Crippen molar-refractivity contribution in [1.82, 2.24) is 0 Å². The van der Waals surface area contributed by atoms with E-state index >= 15 is 0 Å². The summed E-state index contributed by atoms with van der Waals surface area (Å²) in [5.74, 6) is -0.216. The van der Waals surface area contributed by atoms with Gasteiger partial charge < -0.3 is 0 Å². The lowest BCUT2D eigenvalue weighted by molar-refractivity contribution is -0.575. The monoisotopic (exact) mass is 322 g/mol. The van der Waals surface area contributed by atoms with Crippen LogP contribution in [0.25, 0.3) is 0 Å². The first-order valence-corrected chi connectivity index (χ1v) is 6.75. The van der Waals surface area contributed by atoms with Crippen LogP contribution < -0.4 is 0 Å². The lowest BCUT2D eigenvalue weighted by Gasteiger charge is -2.15. The van der Waals surface area contributed by atoms with E-state index in [0.717, 1.165) is 0 Å². The molecule has 9 heteroatoms. The summed E-state index contributed by atoms with van der Waals surface area (Å²) in [4.78, 5) is 60.3. The van der Waals surface area contributed by atoms with Crippen molar-refractivity contribution in [2.45, 2.75) is 46.5 Å². The molecule has 128 valence electrons. The predicted molar refractivity (Wildman–Crippen MR) is 70.8 cm³/mol. The van der Waals surface area contributed by atoms with Crippen molar-refractivity contribution in [3.8, 4) is 0 Å². The SMILES string of the molecule is CC(=O)CCOOC(OOCCC(C)=O)OOCCC(C)=O. The van der Waals surface area contributed by atoms with E-state index in [1.165, 1.54) is 20.8 Å². The van der Waals surface area contributed by atoms with E-state index in [4.69, 9.17) is 29.3 Å². The minimum atomic E-state index is -1.48. The van der Waals surface area contributed by atoms with Gasteiger partial charge in [-0.25, -0.2) is 14.7 Å². The van der Waals surface area contributed by atoms with Gasteiger partial charge in [0, 0.05) is 19.3 Å². The van der Waals surface area contributed by atoms with Crippen LogP contribution in [0.15, 0.2) is 0 Å². The Morgan fingerprint density at radius 2 is 0.909 bits per heavy atom. The largest absolute Gasteiger partial charge is 0.355 e. The zero-order valence-corrected chi connectivity index (χ0v) is 13.0. The summed E-state index contributed by atoms with van der Waals surface area (Å²) >= 11 is 0. The van der Waals surface area contributed by atoms with Crippen LogP contribution in [0.5, 0.6) is 0 Å². The molecule has 0 spiro atoms. The molecular weight excluding hydrogens is 300 g/mol. The zero-order valence-electron chi connectivity index (χ0n) is 13.0. The normalized spacial score (nSPS) is 10.9. The molecule has 0 bridgehead atoms. The van der Waals surface area contributed by atoms with E-state index in [1.54, 1.807) is 0 Å². The van der Waals surface area contributed by atoms with Crippen molar-refractivity contribution in [1.29, 1.82) is 0 Å². The van der Waals surface area contributed by atoms with Gasteiger partial charge in [-0.15, -0.1) is 0 Å². The summed E-state index contributed by atoms with van der Waals surface area (Å²) in [5, 5.41) is 0. The van der Waals surface area contributed by atoms with Crippen LogP contribution in [0.1, 0.15) is 40.0 Å². The van der Waals surface area contributed by atoms with Crippen LogP contribution in [0, 0.1) is 0 Å². The molecule has 0 N–H and O–H groups in total. The van der Waals surface area contributed by atoms with Gasteiger partial charge in [0.25, 0.3) is 0 Å². The molecule has 0 heterocycles. The third kappa shape index (κ3) is 15.2. The molecule has 9 nitrogen and oxygen atoms in total. The summed E-state index contributed by atoms with van der Waals surface area (Å²) in [6.07, 6.45) is 0.468. The van der Waals surface area contributed by atoms with Gasteiger partial charge >= 0.3 is 6.48 Å². The van der Waals surface area contributed by atoms with Crippen molar-refractivity contribution < 1.29 is 43.7 Å². The number of carbonyl (C=O) groups excluding carboxylic acids is 3. The minimum Gasteiger partial charge on any atom is -0.300 e. The van der Waals surface area contributed by atoms with E-state index in [9.17, 15) is 14.4 Å². The Hall–Kier alpha value is -1.23. The molecule has 0 saturated carbocycles. The van der Waals surface area contributed by atoms with E-state index in [0.29, 0.717) is 0 Å². The molecule has 22 heavy (non-hydrogen) atoms. The third-order valence-corrected chi connectivity index (χ3v) is 2.05. The van der Waals surface area contributed by atoms with Crippen molar-refractivity contribution >= 4 is 17.3 Å². The van der Waals surface area contributed by atoms with Gasteiger partial charge in [-0.1, -0.05) is 0 Å². The highest BCUT2D eigenvalue weighted by Crippen LogP contribution is 2.03. The first kappa shape index (κ1) is 20.8. The Morgan fingerprint density at radius 1 is 0.636 bits per heavy atom. The molecule has 0 rings (SSSR count). The fourth-order valence-electron chi connectivity index (χ4n) is 0.915. The van der Waals surface area contributed by atoms with E-state index in [1.807, 2.05) is 0 Å². The molecule has 0 unspecified atom stereocenters. The van der Waals surface area contributed by atoms with Crippen molar-refractivity contribution in [3.05, 3.63) is 0 Å². The summed E-state index contributed by atoms with van der Waals surface area (Å²) < 4.78 is 0.